The molecule has 146 valence electrons. The van der Waals surface area contributed by atoms with Crippen LogP contribution in [-0.4, -0.2) is 30.1 Å². The normalized spacial score (nSPS) is 17.7. The van der Waals surface area contributed by atoms with E-state index in [1.165, 1.54) is 18.1 Å². The van der Waals surface area contributed by atoms with Crippen LogP contribution in [0, 0.1) is 6.92 Å². The van der Waals surface area contributed by atoms with E-state index in [2.05, 4.69) is 5.32 Å². The smallest absolute Gasteiger partial charge is 0.352 e. The summed E-state index contributed by atoms with van der Waals surface area (Å²) < 4.78 is 4.97. The van der Waals surface area contributed by atoms with E-state index in [0.29, 0.717) is 16.9 Å². The first kappa shape index (κ1) is 18.5. The van der Waals surface area contributed by atoms with Crippen LogP contribution in [0.4, 0.5) is 11.4 Å². The van der Waals surface area contributed by atoms with Crippen LogP contribution >= 0.6 is 0 Å². The summed E-state index contributed by atoms with van der Waals surface area (Å²) in [6.45, 7) is 1.93. The molecule has 0 fully saturated rings. The van der Waals surface area contributed by atoms with Crippen molar-refractivity contribution in [3.63, 3.8) is 0 Å². The van der Waals surface area contributed by atoms with Crippen molar-refractivity contribution in [1.29, 1.82) is 0 Å². The van der Waals surface area contributed by atoms with Gasteiger partial charge in [-0.2, -0.15) is 0 Å². The number of allylic oxidation sites excluding steroid dienone is 1. The summed E-state index contributed by atoms with van der Waals surface area (Å²) in [6, 6.07) is 14.2. The number of carbonyl (C=O) groups excluding carboxylic acids is 2. The highest BCUT2D eigenvalue weighted by Crippen LogP contribution is 2.44. The summed E-state index contributed by atoms with van der Waals surface area (Å²) in [5.74, 6) is -3.19. The molecule has 0 saturated heterocycles. The van der Waals surface area contributed by atoms with Gasteiger partial charge in [0.1, 0.15) is 11.4 Å². The number of nitrogens with zero attached hydrogens (tertiary/aromatic N) is 1. The number of rotatable bonds is 3. The van der Waals surface area contributed by atoms with E-state index in [4.69, 9.17) is 4.74 Å². The number of aliphatic carboxylic acids is 1. The van der Waals surface area contributed by atoms with Gasteiger partial charge in [0.25, 0.3) is 5.91 Å². The molecule has 0 radical (unpaired) electrons. The monoisotopic (exact) mass is 390 g/mol. The molecule has 2 aliphatic heterocycles. The zero-order valence-electron chi connectivity index (χ0n) is 15.8. The van der Waals surface area contributed by atoms with Crippen LogP contribution in [-0.2, 0) is 19.1 Å². The number of nitrogens with one attached hydrogen (secondary N) is 1. The number of para-hydroxylation sites is 2. The van der Waals surface area contributed by atoms with Gasteiger partial charge in [-0.15, -0.1) is 0 Å². The van der Waals surface area contributed by atoms with Crippen LogP contribution in [0.5, 0.6) is 0 Å². The Balaban J connectivity index is 2.02. The molecule has 1 unspecified atom stereocenters. The lowest BCUT2D eigenvalue weighted by molar-refractivity contribution is -0.137. The molecule has 0 saturated carbocycles. The number of amides is 1. The molecule has 2 aromatic rings. The fraction of sp³-hybridized carbons (Fsp3) is 0.136. The number of hydrogen-bond acceptors (Lipinski definition) is 5. The molecule has 1 atom stereocenters. The quantitative estimate of drug-likeness (QED) is 0.783. The lowest BCUT2D eigenvalue weighted by Gasteiger charge is -2.38. The van der Waals surface area contributed by atoms with Crippen LogP contribution in [0.25, 0.3) is 0 Å². The highest BCUT2D eigenvalue weighted by molar-refractivity contribution is 6.19. The molecule has 0 spiro atoms. The van der Waals surface area contributed by atoms with Crippen molar-refractivity contribution in [2.75, 3.05) is 17.3 Å². The number of hydrogen-bond donors (Lipinski definition) is 2. The van der Waals surface area contributed by atoms with E-state index in [1.54, 1.807) is 24.3 Å². The molecule has 0 bridgehead atoms. The number of anilines is 2. The van der Waals surface area contributed by atoms with Crippen molar-refractivity contribution in [1.82, 2.24) is 0 Å². The number of aryl methyl sites for hydroxylation is 1. The van der Waals surface area contributed by atoms with Crippen molar-refractivity contribution in [3.05, 3.63) is 82.7 Å². The maximum atomic E-state index is 13.0. The van der Waals surface area contributed by atoms with Gasteiger partial charge in [0.2, 0.25) is 0 Å². The number of fused-ring (bicyclic) bond motifs is 3. The van der Waals surface area contributed by atoms with Crippen molar-refractivity contribution in [3.8, 4) is 0 Å². The van der Waals surface area contributed by atoms with Gasteiger partial charge in [-0.1, -0.05) is 42.0 Å². The number of carbonyl (C=O) groups is 3. The standard InChI is InChI=1S/C22H18N2O5/c1-12-7-9-13(10-8-12)14-11-17(21(26)27)24-16-6-4-3-5-15(16)23-20(25)19(24)18(14)22(28)29-2/h3-11,14H,1-2H3,(H,23,25)(H,26,27). The number of carboxylic acid groups (broad SMARTS) is 1. The zero-order valence-corrected chi connectivity index (χ0v) is 15.8. The molecule has 1 amide bonds. The van der Waals surface area contributed by atoms with Gasteiger partial charge in [-0.3, -0.25) is 9.69 Å². The first-order valence-electron chi connectivity index (χ1n) is 8.97. The van der Waals surface area contributed by atoms with E-state index in [-0.39, 0.29) is 17.0 Å². The Hall–Kier alpha value is -3.87. The molecular weight excluding hydrogens is 372 g/mol. The molecule has 29 heavy (non-hydrogen) atoms. The lowest BCUT2D eigenvalue weighted by atomic mass is 9.84. The van der Waals surface area contributed by atoms with E-state index in [0.717, 1.165) is 5.56 Å². The molecule has 7 heteroatoms. The number of benzene rings is 2. The highest BCUT2D eigenvalue weighted by Gasteiger charge is 2.43. The van der Waals surface area contributed by atoms with Crippen LogP contribution in [0.2, 0.25) is 0 Å². The van der Waals surface area contributed by atoms with E-state index >= 15 is 0 Å². The second-order valence-corrected chi connectivity index (χ2v) is 6.81. The largest absolute Gasteiger partial charge is 0.477 e. The average molecular weight is 390 g/mol. The van der Waals surface area contributed by atoms with Crippen molar-refractivity contribution < 1.29 is 24.2 Å². The van der Waals surface area contributed by atoms with Gasteiger partial charge >= 0.3 is 11.9 Å². The Morgan fingerprint density at radius 3 is 2.45 bits per heavy atom. The highest BCUT2D eigenvalue weighted by atomic mass is 16.5. The predicted octanol–water partition coefficient (Wildman–Crippen LogP) is 2.95. The van der Waals surface area contributed by atoms with Gasteiger partial charge in [0.15, 0.2) is 0 Å². The molecule has 4 rings (SSSR count). The minimum atomic E-state index is -1.20. The maximum Gasteiger partial charge on any atom is 0.352 e. The topological polar surface area (TPSA) is 95.9 Å². The molecule has 2 aliphatic rings. The van der Waals surface area contributed by atoms with E-state index in [9.17, 15) is 19.5 Å². The van der Waals surface area contributed by atoms with Crippen LogP contribution in [0.1, 0.15) is 17.0 Å². The third-order valence-corrected chi connectivity index (χ3v) is 5.02. The third-order valence-electron chi connectivity index (χ3n) is 5.02. The van der Waals surface area contributed by atoms with Crippen LogP contribution < -0.4 is 10.2 Å². The van der Waals surface area contributed by atoms with Gasteiger partial charge in [0, 0.05) is 5.92 Å². The number of carboxylic acids is 1. The van der Waals surface area contributed by atoms with E-state index < -0.39 is 23.8 Å². The summed E-state index contributed by atoms with van der Waals surface area (Å²) in [6.07, 6.45) is 1.48. The molecule has 2 aromatic carbocycles. The van der Waals surface area contributed by atoms with Crippen molar-refractivity contribution >= 4 is 29.2 Å². The summed E-state index contributed by atoms with van der Waals surface area (Å²) in [5.41, 5.74) is 2.60. The Labute approximate surface area is 166 Å². The number of methoxy groups -OCH3 is 1. The summed E-state index contributed by atoms with van der Waals surface area (Å²) in [7, 11) is 1.23. The summed E-state index contributed by atoms with van der Waals surface area (Å²) >= 11 is 0. The molecule has 2 N–H and O–H groups in total. The van der Waals surface area contributed by atoms with Crippen LogP contribution in [0.15, 0.2) is 71.6 Å². The van der Waals surface area contributed by atoms with Gasteiger partial charge in [-0.05, 0) is 30.7 Å². The molecule has 2 heterocycles. The average Bonchev–Trinajstić information content (AvgIpc) is 2.72. The number of esters is 1. The van der Waals surface area contributed by atoms with Crippen LogP contribution in [0.3, 0.4) is 0 Å². The maximum absolute atomic E-state index is 13.0. The minimum Gasteiger partial charge on any atom is -0.477 e. The lowest BCUT2D eigenvalue weighted by Crippen LogP contribution is -2.43. The zero-order chi connectivity index (χ0) is 20.7. The first-order valence-corrected chi connectivity index (χ1v) is 8.97. The minimum absolute atomic E-state index is 0.0407. The van der Waals surface area contributed by atoms with E-state index in [1.807, 2.05) is 31.2 Å². The SMILES string of the molecule is COC(=O)C1=C2C(=O)Nc3ccccc3N2C(C(=O)O)=CC1c1ccc(C)cc1. The Morgan fingerprint density at radius 2 is 1.79 bits per heavy atom. The van der Waals surface area contributed by atoms with Crippen molar-refractivity contribution in [2.24, 2.45) is 0 Å². The predicted molar refractivity (Wildman–Crippen MR) is 106 cm³/mol. The molecule has 0 aliphatic carbocycles. The second-order valence-electron chi connectivity index (χ2n) is 6.81. The molecule has 0 aromatic heterocycles. The summed E-state index contributed by atoms with van der Waals surface area (Å²) in [5, 5.41) is 12.6. The van der Waals surface area contributed by atoms with Crippen molar-refractivity contribution in [2.45, 2.75) is 12.8 Å². The summed E-state index contributed by atoms with van der Waals surface area (Å²) in [4.78, 5) is 39.2. The Kier molecular flexibility index (Phi) is 4.43. The third kappa shape index (κ3) is 2.97. The van der Waals surface area contributed by atoms with Gasteiger partial charge < -0.3 is 15.2 Å². The Morgan fingerprint density at radius 1 is 1.10 bits per heavy atom. The molecule has 7 nitrogen and oxygen atoms in total. The first-order chi connectivity index (χ1) is 13.9. The fourth-order valence-corrected chi connectivity index (χ4v) is 3.67. The number of ether oxygens (including phenoxy) is 1. The Bertz CT molecular complexity index is 1100. The second kappa shape index (κ2) is 6.94. The van der Waals surface area contributed by atoms with Gasteiger partial charge in [0.05, 0.1) is 24.1 Å². The molecular formula is C22H18N2O5. The van der Waals surface area contributed by atoms with Gasteiger partial charge in [-0.25, -0.2) is 9.59 Å². The fourth-order valence-electron chi connectivity index (χ4n) is 3.67.